The number of piperidine rings is 2. The first-order chi connectivity index (χ1) is 31.0. The Kier molecular flexibility index (Phi) is 10.1. The number of pyridine rings is 1. The average molecular weight is 872 g/mol. The minimum absolute atomic E-state index is 0.179. The van der Waals surface area contributed by atoms with Crippen LogP contribution in [0.25, 0.3) is 16.9 Å². The summed E-state index contributed by atoms with van der Waals surface area (Å²) in [6.07, 6.45) is 7.45. The van der Waals surface area contributed by atoms with Gasteiger partial charge >= 0.3 is 0 Å². The van der Waals surface area contributed by atoms with Crippen LogP contribution in [0.2, 0.25) is 0 Å². The van der Waals surface area contributed by atoms with E-state index >= 15 is 8.78 Å². The number of nitrogens with zero attached hydrogens (tertiary/aromatic N) is 9. The number of hydrogen-bond acceptors (Lipinski definition) is 12. The van der Waals surface area contributed by atoms with E-state index in [0.29, 0.717) is 70.2 Å². The molecule has 5 aliphatic heterocycles. The lowest BCUT2D eigenvalue weighted by Gasteiger charge is -2.50. The van der Waals surface area contributed by atoms with Crippen LogP contribution in [0.15, 0.2) is 60.9 Å². The molecule has 3 amide bonds. The molecule has 0 bridgehead atoms. The van der Waals surface area contributed by atoms with E-state index in [2.05, 4.69) is 42.5 Å². The Labute approximate surface area is 369 Å². The molecule has 6 aliphatic rings. The van der Waals surface area contributed by atoms with E-state index in [9.17, 15) is 19.5 Å². The molecule has 0 spiro atoms. The lowest BCUT2D eigenvalue weighted by atomic mass is 9.97. The molecule has 1 unspecified atom stereocenters. The number of likely N-dealkylation sites (tertiary alicyclic amines) is 1. The van der Waals surface area contributed by atoms with Gasteiger partial charge in [-0.15, -0.1) is 0 Å². The molecule has 332 valence electrons. The summed E-state index contributed by atoms with van der Waals surface area (Å²) in [6, 6.07) is 15.3. The highest BCUT2D eigenvalue weighted by atomic mass is 19.1. The number of aryl methyl sites for hydroxylation is 1. The summed E-state index contributed by atoms with van der Waals surface area (Å²) in [6.45, 7) is 9.50. The number of benzene rings is 2. The van der Waals surface area contributed by atoms with Crippen molar-refractivity contribution in [2.45, 2.75) is 82.1 Å². The highest BCUT2D eigenvalue weighted by molar-refractivity contribution is 6.05. The van der Waals surface area contributed by atoms with Crippen LogP contribution in [-0.2, 0) is 28.2 Å². The zero-order valence-corrected chi connectivity index (χ0v) is 35.8. The van der Waals surface area contributed by atoms with Crippen LogP contribution in [-0.4, -0.2) is 128 Å². The van der Waals surface area contributed by atoms with Crippen molar-refractivity contribution >= 4 is 51.8 Å². The largest absolute Gasteiger partial charge is 0.384 e. The van der Waals surface area contributed by atoms with Gasteiger partial charge in [0.1, 0.15) is 23.3 Å². The van der Waals surface area contributed by atoms with Crippen molar-refractivity contribution in [3.05, 3.63) is 94.9 Å². The second-order valence-electron chi connectivity index (χ2n) is 18.2. The molecule has 1 aliphatic carbocycles. The monoisotopic (exact) mass is 871 g/mol. The Morgan fingerprint density at radius 2 is 1.61 bits per heavy atom. The topological polar surface area (TPSA) is 155 Å². The zero-order valence-electron chi connectivity index (χ0n) is 35.8. The van der Waals surface area contributed by atoms with Crippen LogP contribution in [0.1, 0.15) is 72.6 Å². The maximum Gasteiger partial charge on any atom is 0.255 e. The van der Waals surface area contributed by atoms with E-state index in [4.69, 9.17) is 9.97 Å². The third kappa shape index (κ3) is 7.13. The van der Waals surface area contributed by atoms with Gasteiger partial charge in [0, 0.05) is 107 Å². The number of aromatic nitrogens is 4. The molecule has 17 heteroatoms. The number of piperazine rings is 1. The number of amides is 3. The van der Waals surface area contributed by atoms with Crippen molar-refractivity contribution in [1.29, 1.82) is 0 Å². The lowest BCUT2D eigenvalue weighted by Crippen LogP contribution is -2.62. The standard InChI is InChI=1S/C47H51F2N11O4/c1-2-47(64)14-11-28-3-9-40(52-42(28)47)60-27-37(49)35-23-50-46(54-43(35)60)51-30-4-6-31(7-5-30)56-17-19-57(20-18-56)32-12-15-55(16-13-32)33-25-58(26-33)39-21-29-24-59(45(63)34(29)22-36(39)48)38-8-10-41(61)53-44(38)62/h3-7,9,21-23,27,32-33,38,64H,2,8,10-20,24-26H2,1H3,(H,50,51,54)(H,53,61,62)/t38?,47-/m1/s1. The first kappa shape index (κ1) is 40.7. The number of aliphatic hydroxyl groups is 1. The fourth-order valence-electron chi connectivity index (χ4n) is 10.8. The third-order valence-corrected chi connectivity index (χ3v) is 14.7. The van der Waals surface area contributed by atoms with Gasteiger partial charge in [-0.05, 0) is 92.1 Å². The van der Waals surface area contributed by atoms with E-state index in [-0.39, 0.29) is 31.2 Å². The molecular weight excluding hydrogens is 821 g/mol. The first-order valence-electron chi connectivity index (χ1n) is 22.6. The first-order valence-corrected chi connectivity index (χ1v) is 22.6. The molecule has 5 aromatic rings. The van der Waals surface area contributed by atoms with E-state index in [1.807, 2.05) is 36.1 Å². The van der Waals surface area contributed by atoms with Crippen molar-refractivity contribution in [3.63, 3.8) is 0 Å². The van der Waals surface area contributed by atoms with E-state index < -0.39 is 29.2 Å². The fourth-order valence-corrected chi connectivity index (χ4v) is 10.8. The average Bonchev–Trinajstić information content (AvgIpc) is 3.92. The summed E-state index contributed by atoms with van der Waals surface area (Å²) in [5.74, 6) is -1.20. The molecule has 2 aromatic carbocycles. The number of carbonyl (C=O) groups is 3. The van der Waals surface area contributed by atoms with E-state index in [1.165, 1.54) is 23.4 Å². The molecule has 4 saturated heterocycles. The van der Waals surface area contributed by atoms with Gasteiger partial charge in [0.25, 0.3) is 5.91 Å². The lowest BCUT2D eigenvalue weighted by molar-refractivity contribution is -0.136. The van der Waals surface area contributed by atoms with Gasteiger partial charge in [0.05, 0.1) is 16.8 Å². The minimum Gasteiger partial charge on any atom is -0.384 e. The predicted octanol–water partition coefficient (Wildman–Crippen LogP) is 4.62. The number of fused-ring (bicyclic) bond motifs is 3. The fraction of sp³-hybridized carbons (Fsp3) is 0.447. The molecule has 3 N–H and O–H groups in total. The van der Waals surface area contributed by atoms with Crippen molar-refractivity contribution in [1.82, 2.24) is 39.5 Å². The Morgan fingerprint density at radius 1 is 0.844 bits per heavy atom. The van der Waals surface area contributed by atoms with Crippen LogP contribution in [0.3, 0.4) is 0 Å². The zero-order chi connectivity index (χ0) is 43.9. The number of carbonyl (C=O) groups excluding carboxylic acids is 3. The maximum atomic E-state index is 15.4. The minimum atomic E-state index is -0.979. The second kappa shape index (κ2) is 15.9. The molecule has 11 rings (SSSR count). The van der Waals surface area contributed by atoms with Gasteiger partial charge < -0.3 is 25.1 Å². The van der Waals surface area contributed by atoms with Gasteiger partial charge in [-0.2, -0.15) is 4.98 Å². The molecule has 8 heterocycles. The Morgan fingerprint density at radius 3 is 2.36 bits per heavy atom. The Balaban J connectivity index is 0.655. The number of hydrogen-bond donors (Lipinski definition) is 3. The highest BCUT2D eigenvalue weighted by Gasteiger charge is 2.42. The molecule has 0 saturated carbocycles. The normalized spacial score (nSPS) is 23.5. The second-order valence-corrected chi connectivity index (χ2v) is 18.2. The summed E-state index contributed by atoms with van der Waals surface area (Å²) in [4.78, 5) is 62.2. The van der Waals surface area contributed by atoms with Crippen LogP contribution < -0.4 is 20.4 Å². The quantitative estimate of drug-likeness (QED) is 0.177. The number of nitrogens with one attached hydrogen (secondary N) is 2. The summed E-state index contributed by atoms with van der Waals surface area (Å²) < 4.78 is 32.1. The molecular formula is C47H51F2N11O4. The van der Waals surface area contributed by atoms with Crippen LogP contribution in [0.5, 0.6) is 0 Å². The highest BCUT2D eigenvalue weighted by Crippen LogP contribution is 2.39. The van der Waals surface area contributed by atoms with Gasteiger partial charge in [-0.3, -0.25) is 34.1 Å². The van der Waals surface area contributed by atoms with Crippen LogP contribution in [0, 0.1) is 11.6 Å². The van der Waals surface area contributed by atoms with Crippen molar-refractivity contribution in [3.8, 4) is 5.82 Å². The predicted molar refractivity (Wildman–Crippen MR) is 236 cm³/mol. The molecule has 2 atom stereocenters. The van der Waals surface area contributed by atoms with Crippen LogP contribution in [0.4, 0.5) is 31.8 Å². The summed E-state index contributed by atoms with van der Waals surface area (Å²) in [5, 5.41) is 17.0. The summed E-state index contributed by atoms with van der Waals surface area (Å²) >= 11 is 0. The van der Waals surface area contributed by atoms with E-state index in [0.717, 1.165) is 88.6 Å². The number of imide groups is 1. The molecule has 64 heavy (non-hydrogen) atoms. The van der Waals surface area contributed by atoms with Crippen LogP contribution >= 0.6 is 0 Å². The number of rotatable bonds is 9. The van der Waals surface area contributed by atoms with Gasteiger partial charge in [0.15, 0.2) is 11.5 Å². The number of halogens is 2. The Hall–Kier alpha value is -6.04. The van der Waals surface area contributed by atoms with Gasteiger partial charge in [-0.25, -0.2) is 18.7 Å². The van der Waals surface area contributed by atoms with E-state index in [1.54, 1.807) is 10.6 Å². The van der Waals surface area contributed by atoms with Gasteiger partial charge in [-0.1, -0.05) is 13.0 Å². The molecule has 3 aromatic heterocycles. The number of anilines is 4. The van der Waals surface area contributed by atoms with Crippen molar-refractivity contribution in [2.24, 2.45) is 0 Å². The maximum absolute atomic E-state index is 15.4. The van der Waals surface area contributed by atoms with Gasteiger partial charge in [0.2, 0.25) is 17.8 Å². The van der Waals surface area contributed by atoms with Crippen molar-refractivity contribution in [2.75, 3.05) is 67.5 Å². The Bertz CT molecular complexity index is 2670. The summed E-state index contributed by atoms with van der Waals surface area (Å²) in [5.41, 5.74) is 4.56. The smallest absolute Gasteiger partial charge is 0.255 e. The molecule has 4 fully saturated rings. The SMILES string of the molecule is CC[C@@]1(O)CCc2ccc(-n3cc(F)c4cnc(Nc5ccc(N6CCN(C7CCN(C8CN(c9cc%10c(cc9F)C(=O)N(C9CCC(=O)NC9=O)C%10)C8)CC7)CC6)cc5)nc43)nc21. The van der Waals surface area contributed by atoms with Crippen molar-refractivity contribution < 1.29 is 28.3 Å². The third-order valence-electron chi connectivity index (χ3n) is 14.7. The summed E-state index contributed by atoms with van der Waals surface area (Å²) in [7, 11) is 0. The molecule has 0 radical (unpaired) electrons. The molecule has 15 nitrogen and oxygen atoms in total.